The molecule has 144 valence electrons. The molecular weight excluding hydrogens is 462 g/mol. The monoisotopic (exact) mass is 484 g/mol. The summed E-state index contributed by atoms with van der Waals surface area (Å²) in [7, 11) is 1.80. The fourth-order valence-electron chi connectivity index (χ4n) is 3.42. The first-order chi connectivity index (χ1) is 12.9. The molecule has 8 heteroatoms. The molecular formula is C19H22FIN4O2. The van der Waals surface area contributed by atoms with Crippen LogP contribution in [-0.4, -0.2) is 52.7 Å². The first kappa shape index (κ1) is 20.0. The molecule has 1 amide bonds. The van der Waals surface area contributed by atoms with E-state index in [-0.39, 0.29) is 30.7 Å². The highest BCUT2D eigenvalue weighted by Crippen LogP contribution is 2.30. The van der Waals surface area contributed by atoms with Gasteiger partial charge in [-0.25, -0.2) is 4.39 Å². The van der Waals surface area contributed by atoms with Gasteiger partial charge in [0.15, 0.2) is 0 Å². The van der Waals surface area contributed by atoms with Crippen LogP contribution in [0.25, 0.3) is 0 Å². The van der Waals surface area contributed by atoms with Crippen LogP contribution in [0.1, 0.15) is 23.7 Å². The molecule has 3 rings (SSSR count). The van der Waals surface area contributed by atoms with Crippen molar-refractivity contribution in [3.8, 4) is 0 Å². The minimum Gasteiger partial charge on any atom is -0.385 e. The Morgan fingerprint density at radius 2 is 2.15 bits per heavy atom. The summed E-state index contributed by atoms with van der Waals surface area (Å²) in [6, 6.07) is 6.35. The maximum absolute atomic E-state index is 14.2. The van der Waals surface area contributed by atoms with Gasteiger partial charge in [-0.15, -0.1) is 0 Å². The number of benzene rings is 1. The van der Waals surface area contributed by atoms with E-state index in [0.29, 0.717) is 11.3 Å². The first-order valence-electron chi connectivity index (χ1n) is 8.73. The molecule has 1 aromatic heterocycles. The van der Waals surface area contributed by atoms with E-state index in [4.69, 9.17) is 0 Å². The van der Waals surface area contributed by atoms with E-state index in [0.717, 1.165) is 9.99 Å². The third kappa shape index (κ3) is 4.07. The molecule has 2 aromatic rings. The highest BCUT2D eigenvalue weighted by atomic mass is 127. The Bertz CT molecular complexity index is 838. The Hall–Kier alpha value is -1.78. The van der Waals surface area contributed by atoms with Crippen LogP contribution < -0.4 is 10.6 Å². The van der Waals surface area contributed by atoms with Crippen molar-refractivity contribution in [2.75, 3.05) is 25.5 Å². The number of likely N-dealkylation sites (N-methyl/N-ethyl adjacent to an activating group) is 1. The number of aliphatic hydroxyl groups is 1. The Balaban J connectivity index is 1.77. The summed E-state index contributed by atoms with van der Waals surface area (Å²) in [6.07, 6.45) is 3.79. The van der Waals surface area contributed by atoms with Crippen molar-refractivity contribution in [3.63, 3.8) is 0 Å². The zero-order valence-corrected chi connectivity index (χ0v) is 17.3. The van der Waals surface area contributed by atoms with E-state index in [9.17, 15) is 14.3 Å². The number of likely N-dealkylation sites (tertiary alicyclic amines) is 1. The maximum Gasteiger partial charge on any atom is 0.256 e. The number of aromatic nitrogens is 1. The molecule has 0 bridgehead atoms. The number of anilines is 2. The average molecular weight is 484 g/mol. The lowest BCUT2D eigenvalue weighted by Crippen LogP contribution is -2.71. The van der Waals surface area contributed by atoms with E-state index in [1.54, 1.807) is 30.1 Å². The molecule has 0 spiro atoms. The van der Waals surface area contributed by atoms with Gasteiger partial charge < -0.3 is 20.6 Å². The molecule has 1 aliphatic rings. The van der Waals surface area contributed by atoms with Crippen molar-refractivity contribution in [2.45, 2.75) is 25.0 Å². The van der Waals surface area contributed by atoms with Crippen LogP contribution in [0.15, 0.2) is 36.7 Å². The SMILES string of the molecule is CC[C@H](NC)C1(O)CN(C(=O)c2ccncc2Nc2ccc(I)cc2F)C1. The van der Waals surface area contributed by atoms with E-state index in [1.165, 1.54) is 18.5 Å². The Labute approximate surface area is 171 Å². The van der Waals surface area contributed by atoms with Crippen LogP contribution >= 0.6 is 22.6 Å². The predicted octanol–water partition coefficient (Wildman–Crippen LogP) is 2.75. The number of nitrogens with one attached hydrogen (secondary N) is 2. The largest absolute Gasteiger partial charge is 0.385 e. The van der Waals surface area contributed by atoms with Gasteiger partial charge in [0.05, 0.1) is 36.2 Å². The number of hydrogen-bond acceptors (Lipinski definition) is 5. The molecule has 27 heavy (non-hydrogen) atoms. The van der Waals surface area contributed by atoms with Gasteiger partial charge in [-0.3, -0.25) is 9.78 Å². The number of carbonyl (C=O) groups is 1. The number of pyridine rings is 1. The number of amides is 1. The summed E-state index contributed by atoms with van der Waals surface area (Å²) in [6.45, 7) is 2.50. The lowest BCUT2D eigenvalue weighted by molar-refractivity contribution is -0.103. The summed E-state index contributed by atoms with van der Waals surface area (Å²) in [5.41, 5.74) is 0.169. The zero-order valence-electron chi connectivity index (χ0n) is 15.2. The Kier molecular flexibility index (Phi) is 5.97. The van der Waals surface area contributed by atoms with Crippen LogP contribution in [0.2, 0.25) is 0 Å². The van der Waals surface area contributed by atoms with Crippen LogP contribution in [-0.2, 0) is 0 Å². The number of β-amino-alcohol motifs (C(OH)–C–C–N with tert-alkyl or cyclic N) is 1. The number of nitrogens with zero attached hydrogens (tertiary/aromatic N) is 2. The van der Waals surface area contributed by atoms with Gasteiger partial charge in [0.1, 0.15) is 11.4 Å². The van der Waals surface area contributed by atoms with Crippen LogP contribution in [0.3, 0.4) is 0 Å². The van der Waals surface area contributed by atoms with Crippen molar-refractivity contribution < 1.29 is 14.3 Å². The summed E-state index contributed by atoms with van der Waals surface area (Å²) in [5, 5.41) is 16.7. The van der Waals surface area contributed by atoms with Crippen LogP contribution in [0.4, 0.5) is 15.8 Å². The minimum atomic E-state index is -0.929. The second-order valence-electron chi connectivity index (χ2n) is 6.68. The fourth-order valence-corrected chi connectivity index (χ4v) is 3.87. The van der Waals surface area contributed by atoms with E-state index in [2.05, 4.69) is 15.6 Å². The average Bonchev–Trinajstić information content (AvgIpc) is 2.62. The third-order valence-corrected chi connectivity index (χ3v) is 5.54. The number of hydrogen-bond donors (Lipinski definition) is 3. The number of rotatable bonds is 6. The standard InChI is InChI=1S/C19H22FIN4O2/c1-3-17(22-2)19(27)10-25(11-19)18(26)13-6-7-23-9-16(13)24-15-5-4-12(21)8-14(15)20/h4-9,17,22,24,27H,3,10-11H2,1-2H3/t17-/m0/s1. The molecule has 1 atom stereocenters. The van der Waals surface area contributed by atoms with Crippen LogP contribution in [0.5, 0.6) is 0 Å². The molecule has 0 unspecified atom stereocenters. The van der Waals surface area contributed by atoms with Crippen molar-refractivity contribution in [3.05, 3.63) is 51.6 Å². The van der Waals surface area contributed by atoms with Crippen molar-refractivity contribution in [2.24, 2.45) is 0 Å². The summed E-state index contributed by atoms with van der Waals surface area (Å²) < 4.78 is 14.9. The maximum atomic E-state index is 14.2. The summed E-state index contributed by atoms with van der Waals surface area (Å²) in [5.74, 6) is -0.622. The van der Waals surface area contributed by atoms with Gasteiger partial charge in [0, 0.05) is 15.8 Å². The van der Waals surface area contributed by atoms with Crippen molar-refractivity contribution in [1.29, 1.82) is 0 Å². The second-order valence-corrected chi connectivity index (χ2v) is 7.93. The fraction of sp³-hybridized carbons (Fsp3) is 0.368. The van der Waals surface area contributed by atoms with E-state index in [1.807, 2.05) is 29.5 Å². The van der Waals surface area contributed by atoms with Gasteiger partial charge in [-0.1, -0.05) is 6.92 Å². The quantitative estimate of drug-likeness (QED) is 0.550. The molecule has 0 radical (unpaired) electrons. The lowest BCUT2D eigenvalue weighted by atomic mass is 9.84. The molecule has 0 saturated carbocycles. The normalized spacial score (nSPS) is 16.6. The van der Waals surface area contributed by atoms with Gasteiger partial charge in [0.25, 0.3) is 5.91 Å². The highest BCUT2D eigenvalue weighted by Gasteiger charge is 2.48. The number of carbonyl (C=O) groups excluding carboxylic acids is 1. The summed E-state index contributed by atoms with van der Waals surface area (Å²) in [4.78, 5) is 18.5. The second kappa shape index (κ2) is 8.07. The van der Waals surface area contributed by atoms with Gasteiger partial charge in [0.2, 0.25) is 0 Å². The molecule has 1 fully saturated rings. The van der Waals surface area contributed by atoms with Crippen LogP contribution in [0, 0.1) is 9.39 Å². The topological polar surface area (TPSA) is 77.5 Å². The highest BCUT2D eigenvalue weighted by molar-refractivity contribution is 14.1. The molecule has 1 saturated heterocycles. The van der Waals surface area contributed by atoms with Gasteiger partial charge in [-0.05, 0) is 60.3 Å². The Morgan fingerprint density at radius 3 is 2.78 bits per heavy atom. The van der Waals surface area contributed by atoms with Gasteiger partial charge >= 0.3 is 0 Å². The molecule has 6 nitrogen and oxygen atoms in total. The molecule has 1 aromatic carbocycles. The minimum absolute atomic E-state index is 0.0718. The predicted molar refractivity (Wildman–Crippen MR) is 111 cm³/mol. The van der Waals surface area contributed by atoms with Crippen molar-refractivity contribution in [1.82, 2.24) is 15.2 Å². The molecule has 3 N–H and O–H groups in total. The molecule has 2 heterocycles. The molecule has 0 aliphatic carbocycles. The lowest BCUT2D eigenvalue weighted by Gasteiger charge is -2.50. The summed E-state index contributed by atoms with van der Waals surface area (Å²) >= 11 is 2.04. The zero-order chi connectivity index (χ0) is 19.6. The smallest absolute Gasteiger partial charge is 0.256 e. The van der Waals surface area contributed by atoms with E-state index >= 15 is 0 Å². The van der Waals surface area contributed by atoms with Gasteiger partial charge in [-0.2, -0.15) is 0 Å². The van der Waals surface area contributed by atoms with Crippen molar-refractivity contribution >= 4 is 39.9 Å². The van der Waals surface area contributed by atoms with E-state index < -0.39 is 11.4 Å². The molecule has 1 aliphatic heterocycles. The third-order valence-electron chi connectivity index (χ3n) is 4.87. The number of halogens is 2. The Morgan fingerprint density at radius 1 is 1.41 bits per heavy atom. The first-order valence-corrected chi connectivity index (χ1v) is 9.81.